The molecule has 2 saturated heterocycles. The topological polar surface area (TPSA) is 62.2 Å². The van der Waals surface area contributed by atoms with Crippen LogP contribution in [-0.2, 0) is 16.0 Å². The first kappa shape index (κ1) is 21.6. The molecule has 7 heteroatoms. The van der Waals surface area contributed by atoms with Gasteiger partial charge < -0.3 is 24.6 Å². The van der Waals surface area contributed by atoms with Gasteiger partial charge in [0, 0.05) is 39.4 Å². The number of rotatable bonds is 4. The summed E-state index contributed by atoms with van der Waals surface area (Å²) in [5.41, 5.74) is 3.65. The third-order valence-corrected chi connectivity index (χ3v) is 5.94. The molecule has 31 heavy (non-hydrogen) atoms. The Morgan fingerprint density at radius 1 is 1.13 bits per heavy atom. The first-order valence-electron chi connectivity index (χ1n) is 11.1. The van der Waals surface area contributed by atoms with Crippen LogP contribution in [-0.4, -0.2) is 68.4 Å². The van der Waals surface area contributed by atoms with Crippen LogP contribution in [0, 0.1) is 6.92 Å². The average molecular weight is 424 g/mol. The summed E-state index contributed by atoms with van der Waals surface area (Å²) in [5, 5.41) is 3.49. The van der Waals surface area contributed by atoms with E-state index >= 15 is 0 Å². The maximum absolute atomic E-state index is 6.06. The number of hydrogen-bond acceptors (Lipinski definition) is 5. The fourth-order valence-electron chi connectivity index (χ4n) is 4.23. The first-order chi connectivity index (χ1) is 15.1. The molecule has 2 fully saturated rings. The van der Waals surface area contributed by atoms with Gasteiger partial charge in [-0.15, -0.1) is 0 Å². The van der Waals surface area contributed by atoms with Crippen molar-refractivity contribution in [3.05, 3.63) is 59.3 Å². The number of nitrogens with one attached hydrogen (secondary N) is 1. The molecule has 0 saturated carbocycles. The fraction of sp³-hybridized carbons (Fsp3) is 0.500. The van der Waals surface area contributed by atoms with Crippen molar-refractivity contribution in [3.63, 3.8) is 0 Å². The largest absolute Gasteiger partial charge is 0.375 e. The van der Waals surface area contributed by atoms with E-state index in [0.29, 0.717) is 13.2 Å². The molecule has 1 N–H and O–H groups in total. The minimum absolute atomic E-state index is 0.0605. The SMILES string of the molecule is CN=C(NCc1ccc(N2CCOC(C)C2)nc1)N1CCOC(c2ccccc2C)C1. The fourth-order valence-corrected chi connectivity index (χ4v) is 4.23. The molecule has 7 nitrogen and oxygen atoms in total. The molecule has 0 amide bonds. The molecule has 0 spiro atoms. The molecular formula is C24H33N5O2. The summed E-state index contributed by atoms with van der Waals surface area (Å²) in [5.74, 6) is 1.91. The molecule has 166 valence electrons. The van der Waals surface area contributed by atoms with Crippen LogP contribution in [0.15, 0.2) is 47.6 Å². The minimum Gasteiger partial charge on any atom is -0.375 e. The molecule has 0 bridgehead atoms. The second-order valence-electron chi connectivity index (χ2n) is 8.21. The van der Waals surface area contributed by atoms with Gasteiger partial charge in [-0.2, -0.15) is 0 Å². The number of anilines is 1. The molecule has 1 aromatic carbocycles. The van der Waals surface area contributed by atoms with E-state index in [-0.39, 0.29) is 12.2 Å². The van der Waals surface area contributed by atoms with Gasteiger partial charge in [-0.1, -0.05) is 30.3 Å². The first-order valence-corrected chi connectivity index (χ1v) is 11.1. The zero-order valence-electron chi connectivity index (χ0n) is 18.8. The van der Waals surface area contributed by atoms with Gasteiger partial charge in [0.15, 0.2) is 5.96 Å². The standard InChI is InChI=1S/C24H33N5O2/c1-18-6-4-5-7-21(18)22-17-29(11-13-31-22)24(25-3)27-15-20-8-9-23(26-14-20)28-10-12-30-19(2)16-28/h4-9,14,19,22H,10-13,15-17H2,1-3H3,(H,25,27). The number of benzene rings is 1. The van der Waals surface area contributed by atoms with Gasteiger partial charge in [0.1, 0.15) is 11.9 Å². The van der Waals surface area contributed by atoms with E-state index in [1.807, 2.05) is 13.2 Å². The minimum atomic E-state index is 0.0605. The third-order valence-electron chi connectivity index (χ3n) is 5.94. The zero-order valence-corrected chi connectivity index (χ0v) is 18.8. The predicted molar refractivity (Wildman–Crippen MR) is 124 cm³/mol. The summed E-state index contributed by atoms with van der Waals surface area (Å²) < 4.78 is 11.7. The quantitative estimate of drug-likeness (QED) is 0.603. The van der Waals surface area contributed by atoms with Crippen molar-refractivity contribution < 1.29 is 9.47 Å². The molecule has 1 aromatic heterocycles. The van der Waals surface area contributed by atoms with Gasteiger partial charge >= 0.3 is 0 Å². The average Bonchev–Trinajstić information content (AvgIpc) is 2.80. The normalized spacial score (nSPS) is 22.5. The highest BCUT2D eigenvalue weighted by Gasteiger charge is 2.25. The molecule has 3 heterocycles. The molecule has 0 radical (unpaired) electrons. The van der Waals surface area contributed by atoms with Crippen LogP contribution in [0.3, 0.4) is 0 Å². The van der Waals surface area contributed by atoms with Gasteiger partial charge in [0.25, 0.3) is 0 Å². The Morgan fingerprint density at radius 3 is 2.71 bits per heavy atom. The van der Waals surface area contributed by atoms with Crippen molar-refractivity contribution in [1.29, 1.82) is 0 Å². The number of aliphatic imine (C=N–C) groups is 1. The molecule has 2 aliphatic heterocycles. The highest BCUT2D eigenvalue weighted by molar-refractivity contribution is 5.80. The number of aromatic nitrogens is 1. The van der Waals surface area contributed by atoms with Crippen LogP contribution < -0.4 is 10.2 Å². The Morgan fingerprint density at radius 2 is 1.97 bits per heavy atom. The number of guanidine groups is 1. The number of morpholine rings is 2. The van der Waals surface area contributed by atoms with Gasteiger partial charge in [-0.25, -0.2) is 4.98 Å². The van der Waals surface area contributed by atoms with Crippen molar-refractivity contribution in [2.75, 3.05) is 51.3 Å². The van der Waals surface area contributed by atoms with E-state index in [1.54, 1.807) is 0 Å². The Bertz CT molecular complexity index is 886. The van der Waals surface area contributed by atoms with Gasteiger partial charge in [0.2, 0.25) is 0 Å². The van der Waals surface area contributed by atoms with Crippen LogP contribution in [0.5, 0.6) is 0 Å². The van der Waals surface area contributed by atoms with E-state index in [4.69, 9.17) is 9.47 Å². The zero-order chi connectivity index (χ0) is 21.6. The van der Waals surface area contributed by atoms with Crippen LogP contribution in [0.4, 0.5) is 5.82 Å². The van der Waals surface area contributed by atoms with Crippen molar-refractivity contribution in [3.8, 4) is 0 Å². The molecule has 2 aromatic rings. The highest BCUT2D eigenvalue weighted by atomic mass is 16.5. The smallest absolute Gasteiger partial charge is 0.194 e. The Balaban J connectivity index is 1.34. The van der Waals surface area contributed by atoms with Crippen LogP contribution in [0.2, 0.25) is 0 Å². The Kier molecular flexibility index (Phi) is 7.04. The monoisotopic (exact) mass is 423 g/mol. The summed E-state index contributed by atoms with van der Waals surface area (Å²) in [6.45, 7) is 9.76. The van der Waals surface area contributed by atoms with Crippen LogP contribution >= 0.6 is 0 Å². The summed E-state index contributed by atoms with van der Waals surface area (Å²) in [6, 6.07) is 12.7. The number of pyridine rings is 1. The molecule has 2 aliphatic rings. The highest BCUT2D eigenvalue weighted by Crippen LogP contribution is 2.25. The number of ether oxygens (including phenoxy) is 2. The lowest BCUT2D eigenvalue weighted by Crippen LogP contribution is -2.48. The number of hydrogen-bond donors (Lipinski definition) is 1. The maximum atomic E-state index is 6.06. The Labute approximate surface area is 185 Å². The molecule has 2 atom stereocenters. The number of aryl methyl sites for hydroxylation is 1. The van der Waals surface area contributed by atoms with Crippen molar-refractivity contribution >= 4 is 11.8 Å². The number of nitrogens with zero attached hydrogens (tertiary/aromatic N) is 4. The molecular weight excluding hydrogens is 390 g/mol. The van der Waals surface area contributed by atoms with E-state index in [9.17, 15) is 0 Å². The second-order valence-corrected chi connectivity index (χ2v) is 8.21. The van der Waals surface area contributed by atoms with Crippen LogP contribution in [0.1, 0.15) is 29.7 Å². The third kappa shape index (κ3) is 5.35. The van der Waals surface area contributed by atoms with E-state index in [2.05, 4.69) is 75.3 Å². The van der Waals surface area contributed by atoms with E-state index in [1.165, 1.54) is 11.1 Å². The van der Waals surface area contributed by atoms with E-state index in [0.717, 1.165) is 50.1 Å². The lowest BCUT2D eigenvalue weighted by Gasteiger charge is -2.35. The van der Waals surface area contributed by atoms with Gasteiger partial charge in [0.05, 0.1) is 25.9 Å². The maximum Gasteiger partial charge on any atom is 0.194 e. The summed E-state index contributed by atoms with van der Waals surface area (Å²) >= 11 is 0. The van der Waals surface area contributed by atoms with Gasteiger partial charge in [-0.3, -0.25) is 4.99 Å². The summed E-state index contributed by atoms with van der Waals surface area (Å²) in [4.78, 5) is 13.7. The molecule has 2 unspecified atom stereocenters. The van der Waals surface area contributed by atoms with Gasteiger partial charge in [-0.05, 0) is 36.6 Å². The van der Waals surface area contributed by atoms with Crippen molar-refractivity contribution in [2.45, 2.75) is 32.6 Å². The summed E-state index contributed by atoms with van der Waals surface area (Å²) in [7, 11) is 1.83. The van der Waals surface area contributed by atoms with E-state index < -0.39 is 0 Å². The summed E-state index contributed by atoms with van der Waals surface area (Å²) in [6.07, 6.45) is 2.26. The van der Waals surface area contributed by atoms with Crippen molar-refractivity contribution in [2.24, 2.45) is 4.99 Å². The Hall–Kier alpha value is -2.64. The molecule has 4 rings (SSSR count). The van der Waals surface area contributed by atoms with Crippen LogP contribution in [0.25, 0.3) is 0 Å². The van der Waals surface area contributed by atoms with Crippen molar-refractivity contribution in [1.82, 2.24) is 15.2 Å². The lowest BCUT2D eigenvalue weighted by atomic mass is 10.0. The second kappa shape index (κ2) is 10.1. The predicted octanol–water partition coefficient (Wildman–Crippen LogP) is 2.76. The molecule has 0 aliphatic carbocycles. The lowest BCUT2D eigenvalue weighted by molar-refractivity contribution is -0.00834.